The Balaban J connectivity index is 1.64. The van der Waals surface area contributed by atoms with Gasteiger partial charge in [-0.15, -0.1) is 0 Å². The zero-order valence-electron chi connectivity index (χ0n) is 17.5. The van der Waals surface area contributed by atoms with E-state index in [1.165, 1.54) is 18.2 Å². The van der Waals surface area contributed by atoms with Crippen molar-refractivity contribution in [1.82, 2.24) is 14.6 Å². The van der Waals surface area contributed by atoms with Crippen molar-refractivity contribution >= 4 is 47.5 Å². The molecule has 0 atom stereocenters. The Morgan fingerprint density at radius 1 is 1.22 bits per heavy atom. The van der Waals surface area contributed by atoms with Gasteiger partial charge in [0, 0.05) is 0 Å². The van der Waals surface area contributed by atoms with Gasteiger partial charge in [-0.25, -0.2) is 0 Å². The first-order chi connectivity index (χ1) is 15.4. The molecule has 32 heavy (non-hydrogen) atoms. The Kier molecular flexibility index (Phi) is 6.23. The summed E-state index contributed by atoms with van der Waals surface area (Å²) in [4.78, 5) is 18.2. The molecular weight excluding hydrogens is 472 g/mol. The number of nitrogens with one attached hydrogen (secondary N) is 1. The molecule has 0 saturated carbocycles. The first-order valence-electron chi connectivity index (χ1n) is 9.68. The second-order valence-corrected chi connectivity index (χ2v) is 9.41. The zero-order valence-corrected chi connectivity index (χ0v) is 19.4. The maximum absolute atomic E-state index is 14.4. The average Bonchev–Trinajstić information content (AvgIpc) is 3.25. The third-order valence-electron chi connectivity index (χ3n) is 4.53. The summed E-state index contributed by atoms with van der Waals surface area (Å²) < 4.78 is 23.7. The van der Waals surface area contributed by atoms with Gasteiger partial charge in [0.25, 0.3) is 0 Å². The normalized spacial score (nSPS) is 11.1. The summed E-state index contributed by atoms with van der Waals surface area (Å²) >= 11 is -0.512. The van der Waals surface area contributed by atoms with Crippen LogP contribution in [0.1, 0.15) is 0 Å². The molecule has 2 heterocycles. The standard InChI is InChI=1S/C23H20AsFN5O2/c1-4-21(31)26-16-9-12-18(25)20(14-16)32-22-19-6-5-13-30(19)28-23(27-22)24-15-7-10-17(11-8-15)29(2)3/h4-14H,1H2,2-3H3,(H,26,31). The van der Waals surface area contributed by atoms with Crippen LogP contribution in [0.5, 0.6) is 11.6 Å². The van der Waals surface area contributed by atoms with Crippen LogP contribution in [0.4, 0.5) is 15.8 Å². The van der Waals surface area contributed by atoms with Gasteiger partial charge in [-0.05, 0) is 0 Å². The Morgan fingerprint density at radius 2 is 2.00 bits per heavy atom. The molecule has 2 aromatic carbocycles. The fraction of sp³-hybridized carbons (Fsp3) is 0.0870. The number of carbonyl (C=O) groups is 1. The summed E-state index contributed by atoms with van der Waals surface area (Å²) in [6.07, 6.45) is 2.93. The van der Waals surface area contributed by atoms with E-state index in [0.717, 1.165) is 16.1 Å². The molecule has 4 aromatic rings. The fourth-order valence-corrected chi connectivity index (χ4v) is 4.62. The first-order valence-corrected chi connectivity index (χ1v) is 11.6. The predicted molar refractivity (Wildman–Crippen MR) is 124 cm³/mol. The Morgan fingerprint density at radius 3 is 2.72 bits per heavy atom. The van der Waals surface area contributed by atoms with Crippen molar-refractivity contribution in [2.45, 2.75) is 0 Å². The molecule has 161 valence electrons. The summed E-state index contributed by atoms with van der Waals surface area (Å²) in [6, 6.07) is 15.9. The van der Waals surface area contributed by atoms with Crippen molar-refractivity contribution in [1.29, 1.82) is 0 Å². The molecular formula is C23H20AsFN5O2. The van der Waals surface area contributed by atoms with Gasteiger partial charge in [0.1, 0.15) is 0 Å². The van der Waals surface area contributed by atoms with E-state index in [1.807, 2.05) is 25.1 Å². The van der Waals surface area contributed by atoms with Gasteiger partial charge >= 0.3 is 191 Å². The molecule has 0 bridgehead atoms. The number of fused-ring (bicyclic) bond motifs is 1. The number of halogens is 1. The molecule has 0 saturated heterocycles. The van der Waals surface area contributed by atoms with Gasteiger partial charge in [0.05, 0.1) is 0 Å². The van der Waals surface area contributed by atoms with E-state index >= 15 is 0 Å². The molecule has 0 aliphatic heterocycles. The zero-order chi connectivity index (χ0) is 22.7. The Labute approximate surface area is 191 Å². The van der Waals surface area contributed by atoms with Gasteiger partial charge < -0.3 is 0 Å². The minimum absolute atomic E-state index is 0.0498. The summed E-state index contributed by atoms with van der Waals surface area (Å²) in [5.74, 6) is -0.776. The van der Waals surface area contributed by atoms with Crippen LogP contribution < -0.4 is 23.9 Å². The summed E-state index contributed by atoms with van der Waals surface area (Å²) in [5.41, 5.74) is 2.11. The molecule has 0 unspecified atom stereocenters. The van der Waals surface area contributed by atoms with Crippen LogP contribution in [0.3, 0.4) is 0 Å². The van der Waals surface area contributed by atoms with Crippen LogP contribution in [-0.2, 0) is 4.79 Å². The van der Waals surface area contributed by atoms with Crippen LogP contribution in [0.2, 0.25) is 0 Å². The molecule has 7 nitrogen and oxygen atoms in total. The summed E-state index contributed by atoms with van der Waals surface area (Å²) in [5, 5.41) is 7.17. The molecule has 1 radical (unpaired) electrons. The van der Waals surface area contributed by atoms with Crippen LogP contribution in [0, 0.1) is 5.82 Å². The quantitative estimate of drug-likeness (QED) is 0.317. The number of aromatic nitrogens is 3. The van der Waals surface area contributed by atoms with Gasteiger partial charge in [0.2, 0.25) is 0 Å². The van der Waals surface area contributed by atoms with Crippen molar-refractivity contribution in [3.8, 4) is 11.6 Å². The number of nitrogens with zero attached hydrogens (tertiary/aromatic N) is 4. The van der Waals surface area contributed by atoms with E-state index in [4.69, 9.17) is 4.74 Å². The number of hydrogen-bond acceptors (Lipinski definition) is 5. The SMILES string of the molecule is C=CC(=O)Nc1ccc(F)c(Oc2nc([As]c3ccc(N(C)C)cc3)nn3cccc23)c1. The van der Waals surface area contributed by atoms with Crippen LogP contribution >= 0.6 is 0 Å². The van der Waals surface area contributed by atoms with Crippen molar-refractivity contribution < 1.29 is 13.9 Å². The molecule has 0 spiro atoms. The molecule has 1 N–H and O–H groups in total. The molecule has 4 rings (SSSR count). The van der Waals surface area contributed by atoms with Crippen molar-refractivity contribution in [2.24, 2.45) is 0 Å². The second kappa shape index (κ2) is 9.24. The topological polar surface area (TPSA) is 71.8 Å². The monoisotopic (exact) mass is 492 g/mol. The molecule has 1 amide bonds. The molecule has 0 fully saturated rings. The van der Waals surface area contributed by atoms with E-state index in [0.29, 0.717) is 15.8 Å². The first kappa shape index (κ1) is 21.6. The van der Waals surface area contributed by atoms with Crippen molar-refractivity contribution in [2.75, 3.05) is 24.3 Å². The van der Waals surface area contributed by atoms with E-state index in [2.05, 4.69) is 46.2 Å². The van der Waals surface area contributed by atoms with E-state index < -0.39 is 27.5 Å². The number of hydrogen-bond donors (Lipinski definition) is 1. The molecule has 0 aliphatic carbocycles. The maximum atomic E-state index is 14.4. The third-order valence-corrected chi connectivity index (χ3v) is 6.52. The fourth-order valence-electron chi connectivity index (χ4n) is 2.92. The third kappa shape index (κ3) is 4.81. The van der Waals surface area contributed by atoms with Crippen LogP contribution in [-0.4, -0.2) is 50.4 Å². The van der Waals surface area contributed by atoms with Crippen LogP contribution in [0.15, 0.2) is 73.4 Å². The molecule has 0 aliphatic rings. The average molecular weight is 492 g/mol. The van der Waals surface area contributed by atoms with E-state index in [-0.39, 0.29) is 11.6 Å². The molecule has 9 heteroatoms. The van der Waals surface area contributed by atoms with Gasteiger partial charge in [-0.2, -0.15) is 0 Å². The number of ether oxygens (including phenoxy) is 1. The summed E-state index contributed by atoms with van der Waals surface area (Å²) in [6.45, 7) is 3.41. The van der Waals surface area contributed by atoms with Crippen LogP contribution in [0.25, 0.3) is 5.52 Å². The minimum atomic E-state index is -0.570. The Bertz CT molecular complexity index is 1290. The number of anilines is 2. The molecule has 2 aromatic heterocycles. The summed E-state index contributed by atoms with van der Waals surface area (Å²) in [7, 11) is 3.98. The number of rotatable bonds is 7. The van der Waals surface area contributed by atoms with Gasteiger partial charge in [-0.1, -0.05) is 0 Å². The Hall–Kier alpha value is -3.64. The van der Waals surface area contributed by atoms with E-state index in [1.54, 1.807) is 16.8 Å². The van der Waals surface area contributed by atoms with Gasteiger partial charge in [0.15, 0.2) is 0 Å². The van der Waals surface area contributed by atoms with Crippen molar-refractivity contribution in [3.05, 3.63) is 79.3 Å². The predicted octanol–water partition coefficient (Wildman–Crippen LogP) is 2.51. The van der Waals surface area contributed by atoms with Crippen molar-refractivity contribution in [3.63, 3.8) is 0 Å². The number of amides is 1. The van der Waals surface area contributed by atoms with Gasteiger partial charge in [-0.3, -0.25) is 0 Å². The number of carbonyl (C=O) groups excluding carboxylic acids is 1. The second-order valence-electron chi connectivity index (χ2n) is 7.02. The number of benzene rings is 2. The van der Waals surface area contributed by atoms with E-state index in [9.17, 15) is 9.18 Å².